The smallest absolute Gasteiger partial charge is 0.327 e. The van der Waals surface area contributed by atoms with Crippen LogP contribution in [0.5, 0.6) is 0 Å². The van der Waals surface area contributed by atoms with Gasteiger partial charge in [0.25, 0.3) is 0 Å². The number of aliphatic carboxylic acids is 1. The lowest BCUT2D eigenvalue weighted by atomic mass is 10.0. The zero-order chi connectivity index (χ0) is 15.6. The van der Waals surface area contributed by atoms with E-state index in [2.05, 4.69) is 27.7 Å². The lowest BCUT2D eigenvalue weighted by Gasteiger charge is -2.23. The molecule has 1 N–H and O–H groups in total. The average Bonchev–Trinajstić information content (AvgIpc) is 2.73. The number of amides is 1. The molecule has 112 valence electrons. The number of para-hydroxylation sites is 1. The number of carboxylic acids is 1. The van der Waals surface area contributed by atoms with Crippen LogP contribution in [0.4, 0.5) is 5.69 Å². The molecule has 0 aromatic heterocycles. The third kappa shape index (κ3) is 1.74. The Morgan fingerprint density at radius 3 is 2.24 bits per heavy atom. The molecule has 1 unspecified atom stereocenters. The Kier molecular flexibility index (Phi) is 2.75. The molecular weight excluding hydrogens is 266 g/mol. The summed E-state index contributed by atoms with van der Waals surface area (Å²) >= 11 is 0. The van der Waals surface area contributed by atoms with E-state index in [0.717, 1.165) is 11.3 Å². The minimum atomic E-state index is -0.934. The van der Waals surface area contributed by atoms with Gasteiger partial charge in [0, 0.05) is 18.0 Å². The van der Waals surface area contributed by atoms with Crippen LogP contribution >= 0.6 is 0 Å². The van der Waals surface area contributed by atoms with Crippen molar-refractivity contribution in [1.82, 2.24) is 0 Å². The SMILES string of the molecule is CC1(C)C(C(=O)N2c3ccccc3CC2C(=O)O)C1(C)C. The number of hydrogen-bond donors (Lipinski definition) is 1. The second kappa shape index (κ2) is 4.09. The number of carbonyl (C=O) groups is 2. The van der Waals surface area contributed by atoms with Gasteiger partial charge in [-0.1, -0.05) is 45.9 Å². The number of benzene rings is 1. The summed E-state index contributed by atoms with van der Waals surface area (Å²) in [5.74, 6) is -1.11. The van der Waals surface area contributed by atoms with Crippen molar-refractivity contribution in [2.24, 2.45) is 16.7 Å². The minimum absolute atomic E-state index is 0.0534. The largest absolute Gasteiger partial charge is 0.480 e. The molecule has 0 radical (unpaired) electrons. The van der Waals surface area contributed by atoms with Crippen molar-refractivity contribution in [2.75, 3.05) is 4.90 Å². The zero-order valence-electron chi connectivity index (χ0n) is 12.9. The molecule has 1 atom stereocenters. The Balaban J connectivity index is 2.00. The van der Waals surface area contributed by atoms with Gasteiger partial charge in [0.2, 0.25) is 5.91 Å². The van der Waals surface area contributed by atoms with E-state index < -0.39 is 12.0 Å². The summed E-state index contributed by atoms with van der Waals surface area (Å²) in [7, 11) is 0. The van der Waals surface area contributed by atoms with Gasteiger partial charge in [-0.05, 0) is 22.5 Å². The van der Waals surface area contributed by atoms with Crippen molar-refractivity contribution in [3.63, 3.8) is 0 Å². The van der Waals surface area contributed by atoms with Crippen LogP contribution in [0.2, 0.25) is 0 Å². The van der Waals surface area contributed by atoms with Crippen molar-refractivity contribution in [3.8, 4) is 0 Å². The van der Waals surface area contributed by atoms with Crippen molar-refractivity contribution in [3.05, 3.63) is 29.8 Å². The van der Waals surface area contributed by atoms with Crippen LogP contribution in [0.3, 0.4) is 0 Å². The lowest BCUT2D eigenvalue weighted by Crippen LogP contribution is -2.44. The van der Waals surface area contributed by atoms with Crippen LogP contribution in [0.15, 0.2) is 24.3 Å². The summed E-state index contributed by atoms with van der Waals surface area (Å²) in [5, 5.41) is 9.47. The standard InChI is InChI=1S/C17H21NO3/c1-16(2)13(17(16,3)4)14(19)18-11-8-6-5-7-10(11)9-12(18)15(20)21/h5-8,12-13H,9H2,1-4H3,(H,20,21). The molecule has 2 aliphatic rings. The molecule has 3 rings (SSSR count). The van der Waals surface area contributed by atoms with Crippen molar-refractivity contribution < 1.29 is 14.7 Å². The molecule has 4 heteroatoms. The molecule has 0 saturated heterocycles. The van der Waals surface area contributed by atoms with Gasteiger partial charge in [-0.2, -0.15) is 0 Å². The van der Waals surface area contributed by atoms with Gasteiger partial charge in [-0.15, -0.1) is 0 Å². The average molecular weight is 287 g/mol. The third-order valence-electron chi connectivity index (χ3n) is 5.77. The van der Waals surface area contributed by atoms with E-state index in [9.17, 15) is 14.7 Å². The van der Waals surface area contributed by atoms with Gasteiger partial charge in [0.05, 0.1) is 0 Å². The first kappa shape index (κ1) is 14.1. The van der Waals surface area contributed by atoms with Gasteiger partial charge >= 0.3 is 5.97 Å². The highest BCUT2D eigenvalue weighted by Gasteiger charge is 2.69. The molecular formula is C17H21NO3. The Labute approximate surface area is 124 Å². The highest BCUT2D eigenvalue weighted by molar-refractivity contribution is 6.05. The maximum absolute atomic E-state index is 13.0. The number of carboxylic acid groups (broad SMARTS) is 1. The minimum Gasteiger partial charge on any atom is -0.480 e. The van der Waals surface area contributed by atoms with Crippen LogP contribution in [0.25, 0.3) is 0 Å². The monoisotopic (exact) mass is 287 g/mol. The Morgan fingerprint density at radius 2 is 1.71 bits per heavy atom. The Hall–Kier alpha value is -1.84. The van der Waals surface area contributed by atoms with Crippen LogP contribution in [0, 0.1) is 16.7 Å². The maximum atomic E-state index is 13.0. The van der Waals surface area contributed by atoms with Gasteiger partial charge < -0.3 is 5.11 Å². The number of anilines is 1. The van der Waals surface area contributed by atoms with E-state index in [0.29, 0.717) is 6.42 Å². The Bertz CT molecular complexity index is 619. The first-order valence-electron chi connectivity index (χ1n) is 7.33. The predicted octanol–water partition coefficient (Wildman–Crippen LogP) is 2.71. The van der Waals surface area contributed by atoms with Gasteiger partial charge in [-0.25, -0.2) is 4.79 Å². The van der Waals surface area contributed by atoms with E-state index in [1.165, 1.54) is 4.90 Å². The van der Waals surface area contributed by atoms with E-state index in [1.54, 1.807) is 0 Å². The third-order valence-corrected chi connectivity index (χ3v) is 5.77. The van der Waals surface area contributed by atoms with Gasteiger partial charge in [0.15, 0.2) is 0 Å². The molecule has 1 heterocycles. The molecule has 1 aromatic carbocycles. The number of fused-ring (bicyclic) bond motifs is 1. The molecule has 0 bridgehead atoms. The number of hydrogen-bond acceptors (Lipinski definition) is 2. The predicted molar refractivity (Wildman–Crippen MR) is 80.1 cm³/mol. The number of nitrogens with zero attached hydrogens (tertiary/aromatic N) is 1. The van der Waals surface area contributed by atoms with Crippen LogP contribution in [-0.4, -0.2) is 23.0 Å². The molecule has 0 spiro atoms. The molecule has 4 nitrogen and oxygen atoms in total. The fourth-order valence-electron chi connectivity index (χ4n) is 3.81. The Morgan fingerprint density at radius 1 is 1.14 bits per heavy atom. The summed E-state index contributed by atoms with van der Waals surface area (Å²) in [4.78, 5) is 26.0. The molecule has 1 saturated carbocycles. The second-order valence-electron chi connectivity index (χ2n) is 7.27. The quantitative estimate of drug-likeness (QED) is 0.910. The van der Waals surface area contributed by atoms with E-state index in [1.807, 2.05) is 24.3 Å². The summed E-state index contributed by atoms with van der Waals surface area (Å²) in [6.45, 7) is 8.31. The van der Waals surface area contributed by atoms with Crippen molar-refractivity contribution in [1.29, 1.82) is 0 Å². The van der Waals surface area contributed by atoms with Crippen molar-refractivity contribution >= 4 is 17.6 Å². The van der Waals surface area contributed by atoms with Gasteiger partial charge in [0.1, 0.15) is 6.04 Å². The van der Waals surface area contributed by atoms with Crippen molar-refractivity contribution in [2.45, 2.75) is 40.2 Å². The van der Waals surface area contributed by atoms with E-state index in [-0.39, 0.29) is 22.7 Å². The normalized spacial score (nSPS) is 25.5. The number of carbonyl (C=O) groups excluding carboxylic acids is 1. The topological polar surface area (TPSA) is 57.6 Å². The fraction of sp³-hybridized carbons (Fsp3) is 0.529. The van der Waals surface area contributed by atoms with Crippen LogP contribution in [-0.2, 0) is 16.0 Å². The fourth-order valence-corrected chi connectivity index (χ4v) is 3.81. The summed E-state index contributed by atoms with van der Waals surface area (Å²) in [5.41, 5.74) is 1.51. The maximum Gasteiger partial charge on any atom is 0.327 e. The van der Waals surface area contributed by atoms with Gasteiger partial charge in [-0.3, -0.25) is 9.69 Å². The van der Waals surface area contributed by atoms with E-state index >= 15 is 0 Å². The molecule has 1 aliphatic carbocycles. The highest BCUT2D eigenvalue weighted by atomic mass is 16.4. The molecule has 1 aliphatic heterocycles. The first-order chi connectivity index (χ1) is 9.69. The summed E-state index contributed by atoms with van der Waals surface area (Å²) < 4.78 is 0. The van der Waals surface area contributed by atoms with Crippen LogP contribution in [0.1, 0.15) is 33.3 Å². The lowest BCUT2D eigenvalue weighted by molar-refractivity contribution is -0.140. The second-order valence-corrected chi connectivity index (χ2v) is 7.27. The zero-order valence-corrected chi connectivity index (χ0v) is 12.9. The molecule has 21 heavy (non-hydrogen) atoms. The summed E-state index contributed by atoms with van der Waals surface area (Å²) in [6.07, 6.45) is 0.394. The molecule has 1 fully saturated rings. The van der Waals surface area contributed by atoms with E-state index in [4.69, 9.17) is 0 Å². The highest BCUT2D eigenvalue weighted by Crippen LogP contribution is 2.69. The first-order valence-corrected chi connectivity index (χ1v) is 7.33. The van der Waals surface area contributed by atoms with Crippen LogP contribution < -0.4 is 4.90 Å². The summed E-state index contributed by atoms with van der Waals surface area (Å²) in [6, 6.07) is 6.71. The number of rotatable bonds is 2. The molecule has 1 amide bonds. The molecule has 1 aromatic rings.